The van der Waals surface area contributed by atoms with Gasteiger partial charge in [-0.25, -0.2) is 4.39 Å². The predicted octanol–water partition coefficient (Wildman–Crippen LogP) is 5.83. The van der Waals surface area contributed by atoms with Crippen molar-refractivity contribution in [2.24, 2.45) is 5.73 Å². The van der Waals surface area contributed by atoms with Gasteiger partial charge in [-0.3, -0.25) is 4.90 Å². The van der Waals surface area contributed by atoms with E-state index in [1.807, 2.05) is 31.2 Å². The van der Waals surface area contributed by atoms with Crippen LogP contribution in [-0.2, 0) is 4.74 Å². The third-order valence-electron chi connectivity index (χ3n) is 6.60. The van der Waals surface area contributed by atoms with Crippen LogP contribution in [0.1, 0.15) is 39.2 Å². The Morgan fingerprint density at radius 1 is 1.11 bits per heavy atom. The average molecular weight is 478 g/mol. The predicted molar refractivity (Wildman–Crippen MR) is 145 cm³/mol. The van der Waals surface area contributed by atoms with E-state index in [2.05, 4.69) is 55.0 Å². The molecule has 0 radical (unpaired) electrons. The summed E-state index contributed by atoms with van der Waals surface area (Å²) in [5.74, 6) is 0.697. The highest BCUT2D eigenvalue weighted by atomic mass is 19.1. The van der Waals surface area contributed by atoms with E-state index < -0.39 is 0 Å². The number of nitrogens with two attached hydrogens (primary N) is 1. The lowest BCUT2D eigenvalue weighted by Crippen LogP contribution is -2.45. The molecule has 3 rings (SSSR count). The molecule has 0 atom stereocenters. The molecule has 0 unspecified atom stereocenters. The topological polar surface area (TPSA) is 41.7 Å². The van der Waals surface area contributed by atoms with Gasteiger partial charge in [0.2, 0.25) is 0 Å². The summed E-state index contributed by atoms with van der Waals surface area (Å²) in [6.07, 6.45) is 14.0. The molecule has 0 amide bonds. The molecule has 0 aromatic heterocycles. The standard InChI is InChI=1S/C30H40FN3O/c1-5-7-8-24(6-2)30(32)19-23(3)26-20-27(25-9-11-28(31)12-10-25)22-29(21-26)35-18-17-34-15-13-33(4)14-16-34/h5,7-12,19-20,22H,6,13-18,21,32H2,1-4H3/b7-5-,24-8+,26-23-,30-19-. The average Bonchev–Trinajstić information content (AvgIpc) is 2.86. The van der Waals surface area contributed by atoms with Crippen LogP contribution in [-0.4, -0.2) is 56.2 Å². The van der Waals surface area contributed by atoms with Crippen molar-refractivity contribution in [1.29, 1.82) is 0 Å². The highest BCUT2D eigenvalue weighted by Gasteiger charge is 2.17. The first-order valence-electron chi connectivity index (χ1n) is 12.6. The van der Waals surface area contributed by atoms with Gasteiger partial charge in [-0.05, 0) is 79.5 Å². The zero-order valence-corrected chi connectivity index (χ0v) is 21.7. The number of rotatable bonds is 9. The number of likely N-dealkylation sites (N-methyl/N-ethyl adjacent to an activating group) is 1. The van der Waals surface area contributed by atoms with Gasteiger partial charge in [-0.2, -0.15) is 0 Å². The molecule has 1 saturated heterocycles. The van der Waals surface area contributed by atoms with Crippen molar-refractivity contribution in [2.75, 3.05) is 46.4 Å². The van der Waals surface area contributed by atoms with Gasteiger partial charge in [-0.1, -0.05) is 43.4 Å². The number of nitrogens with zero attached hydrogens (tertiary/aromatic N) is 2. The minimum atomic E-state index is -0.236. The van der Waals surface area contributed by atoms with Crippen LogP contribution in [0, 0.1) is 5.82 Å². The van der Waals surface area contributed by atoms with Crippen LogP contribution in [0.2, 0.25) is 0 Å². The summed E-state index contributed by atoms with van der Waals surface area (Å²) in [6, 6.07) is 6.63. The molecule has 1 aliphatic heterocycles. The number of benzene rings is 1. The monoisotopic (exact) mass is 477 g/mol. The Hall–Kier alpha value is -2.89. The van der Waals surface area contributed by atoms with Crippen LogP contribution < -0.4 is 5.73 Å². The molecule has 1 heterocycles. The molecule has 5 heteroatoms. The van der Waals surface area contributed by atoms with E-state index in [-0.39, 0.29) is 5.82 Å². The zero-order valence-electron chi connectivity index (χ0n) is 21.7. The molecule has 188 valence electrons. The van der Waals surface area contributed by atoms with E-state index >= 15 is 0 Å². The molecule has 1 aromatic carbocycles. The summed E-state index contributed by atoms with van der Waals surface area (Å²) >= 11 is 0. The van der Waals surface area contributed by atoms with E-state index in [1.165, 1.54) is 12.1 Å². The SMILES string of the molecule is C\C=C/C=C(CC)/C(N)=C/C(C)=C1/C=C(c2ccc(F)cc2)C=C(OCCN2CCN(C)CC2)C1. The summed E-state index contributed by atoms with van der Waals surface area (Å²) in [5, 5.41) is 0. The van der Waals surface area contributed by atoms with Crippen molar-refractivity contribution in [3.63, 3.8) is 0 Å². The molecule has 0 saturated carbocycles. The van der Waals surface area contributed by atoms with Crippen LogP contribution >= 0.6 is 0 Å². The molecule has 1 aromatic rings. The lowest BCUT2D eigenvalue weighted by Gasteiger charge is -2.32. The Morgan fingerprint density at radius 2 is 1.83 bits per heavy atom. The maximum atomic E-state index is 13.5. The first-order chi connectivity index (χ1) is 16.9. The van der Waals surface area contributed by atoms with E-state index in [4.69, 9.17) is 10.5 Å². The molecule has 2 aliphatic rings. The van der Waals surface area contributed by atoms with Gasteiger partial charge >= 0.3 is 0 Å². The van der Waals surface area contributed by atoms with Crippen molar-refractivity contribution in [3.8, 4) is 0 Å². The highest BCUT2D eigenvalue weighted by molar-refractivity contribution is 5.78. The summed E-state index contributed by atoms with van der Waals surface area (Å²) in [4.78, 5) is 4.81. The molecular formula is C30H40FN3O. The fourth-order valence-corrected chi connectivity index (χ4v) is 4.27. The minimum Gasteiger partial charge on any atom is -0.496 e. The van der Waals surface area contributed by atoms with Crippen LogP contribution in [0.15, 0.2) is 88.9 Å². The van der Waals surface area contributed by atoms with Gasteiger partial charge in [0.25, 0.3) is 0 Å². The highest BCUT2D eigenvalue weighted by Crippen LogP contribution is 2.31. The molecule has 0 bridgehead atoms. The second-order valence-electron chi connectivity index (χ2n) is 9.27. The Bertz CT molecular complexity index is 1040. The third-order valence-corrected chi connectivity index (χ3v) is 6.60. The number of piperazine rings is 1. The van der Waals surface area contributed by atoms with Crippen LogP contribution in [0.3, 0.4) is 0 Å². The Labute approximate surface area is 210 Å². The summed E-state index contributed by atoms with van der Waals surface area (Å²) < 4.78 is 19.8. The maximum Gasteiger partial charge on any atom is 0.123 e. The summed E-state index contributed by atoms with van der Waals surface area (Å²) in [5.41, 5.74) is 12.6. The zero-order chi connectivity index (χ0) is 25.2. The van der Waals surface area contributed by atoms with Crippen LogP contribution in [0.25, 0.3) is 5.57 Å². The summed E-state index contributed by atoms with van der Waals surface area (Å²) in [6.45, 7) is 12.1. The van der Waals surface area contributed by atoms with Gasteiger partial charge in [-0.15, -0.1) is 0 Å². The van der Waals surface area contributed by atoms with Gasteiger partial charge in [0.1, 0.15) is 18.2 Å². The van der Waals surface area contributed by atoms with Crippen molar-refractivity contribution in [1.82, 2.24) is 9.80 Å². The minimum absolute atomic E-state index is 0.236. The first-order valence-corrected chi connectivity index (χ1v) is 12.6. The normalized spacial score (nSPS) is 20.1. The number of allylic oxidation sites excluding steroid dienone is 10. The van der Waals surface area contributed by atoms with Gasteiger partial charge in [0.15, 0.2) is 0 Å². The van der Waals surface area contributed by atoms with Crippen molar-refractivity contribution in [2.45, 2.75) is 33.6 Å². The number of halogens is 1. The third kappa shape index (κ3) is 8.08. The smallest absolute Gasteiger partial charge is 0.123 e. The Kier molecular flexibility index (Phi) is 10.1. The lowest BCUT2D eigenvalue weighted by molar-refractivity contribution is 0.111. The van der Waals surface area contributed by atoms with E-state index in [1.54, 1.807) is 0 Å². The molecule has 35 heavy (non-hydrogen) atoms. The van der Waals surface area contributed by atoms with Crippen molar-refractivity contribution in [3.05, 3.63) is 100 Å². The van der Waals surface area contributed by atoms with E-state index in [0.717, 1.165) is 78.5 Å². The van der Waals surface area contributed by atoms with Crippen molar-refractivity contribution < 1.29 is 9.13 Å². The Balaban J connectivity index is 1.82. The van der Waals surface area contributed by atoms with E-state index in [9.17, 15) is 4.39 Å². The number of hydrogen-bond donors (Lipinski definition) is 1. The number of hydrogen-bond acceptors (Lipinski definition) is 4. The molecule has 1 aliphatic carbocycles. The van der Waals surface area contributed by atoms with Gasteiger partial charge < -0.3 is 15.4 Å². The lowest BCUT2D eigenvalue weighted by atomic mass is 9.92. The molecule has 2 N–H and O–H groups in total. The molecule has 1 fully saturated rings. The quantitative estimate of drug-likeness (QED) is 0.454. The fraction of sp³-hybridized carbons (Fsp3) is 0.400. The summed E-state index contributed by atoms with van der Waals surface area (Å²) in [7, 11) is 2.17. The second kappa shape index (κ2) is 13.3. The number of ether oxygens (including phenoxy) is 1. The molecule has 0 spiro atoms. The van der Waals surface area contributed by atoms with Gasteiger partial charge in [0.05, 0.1) is 0 Å². The van der Waals surface area contributed by atoms with Crippen LogP contribution in [0.5, 0.6) is 0 Å². The van der Waals surface area contributed by atoms with Crippen LogP contribution in [0.4, 0.5) is 4.39 Å². The largest absolute Gasteiger partial charge is 0.496 e. The molecular weight excluding hydrogens is 437 g/mol. The fourth-order valence-electron chi connectivity index (χ4n) is 4.27. The molecule has 4 nitrogen and oxygen atoms in total. The second-order valence-corrected chi connectivity index (χ2v) is 9.27. The van der Waals surface area contributed by atoms with Gasteiger partial charge in [0, 0.05) is 44.8 Å². The van der Waals surface area contributed by atoms with Crippen molar-refractivity contribution >= 4 is 5.57 Å². The first kappa shape index (κ1) is 26.7. The Morgan fingerprint density at radius 3 is 2.49 bits per heavy atom. The van der Waals surface area contributed by atoms with E-state index in [0.29, 0.717) is 13.0 Å². The maximum absolute atomic E-state index is 13.5.